The van der Waals surface area contributed by atoms with E-state index in [1.54, 1.807) is 12.1 Å². The number of hydrogen-bond donors (Lipinski definition) is 1. The van der Waals surface area contributed by atoms with Gasteiger partial charge in [0, 0.05) is 11.5 Å². The first-order chi connectivity index (χ1) is 6.29. The molecule has 0 bridgehead atoms. The van der Waals surface area contributed by atoms with Crippen molar-refractivity contribution in [1.29, 1.82) is 0 Å². The molecular weight excluding hydrogens is 180 g/mol. The summed E-state index contributed by atoms with van der Waals surface area (Å²) in [5, 5.41) is 12.5. The number of nitro benzene ring substituents is 1. The maximum Gasteiger partial charge on any atom is 0.277 e. The SMILES string of the molecule is N.O=[N+]([O-])c1ccc2c3c-2cccc13. The maximum absolute atomic E-state index is 10.6. The van der Waals surface area contributed by atoms with E-state index in [-0.39, 0.29) is 16.8 Å². The molecule has 70 valence electrons. The van der Waals surface area contributed by atoms with Gasteiger partial charge in [-0.3, -0.25) is 10.1 Å². The molecule has 4 heteroatoms. The third kappa shape index (κ3) is 0.856. The third-order valence-electron chi connectivity index (χ3n) is 2.44. The van der Waals surface area contributed by atoms with Crippen molar-refractivity contribution in [2.45, 2.75) is 0 Å². The third-order valence-corrected chi connectivity index (χ3v) is 2.44. The predicted octanol–water partition coefficient (Wildman–Crippen LogP) is 2.89. The van der Waals surface area contributed by atoms with E-state index < -0.39 is 0 Å². The zero-order valence-corrected chi connectivity index (χ0v) is 7.36. The van der Waals surface area contributed by atoms with Gasteiger partial charge in [0.05, 0.1) is 10.3 Å². The number of rotatable bonds is 1. The standard InChI is InChI=1S/C10H5NO2.H3N/c12-11(13)9-5-4-7-6-2-1-3-8(9)10(6)7;/h1-5H;1H3. The van der Waals surface area contributed by atoms with Gasteiger partial charge >= 0.3 is 0 Å². The molecule has 4 nitrogen and oxygen atoms in total. The Bertz CT molecular complexity index is 541. The van der Waals surface area contributed by atoms with E-state index in [0.717, 1.165) is 21.9 Å². The van der Waals surface area contributed by atoms with Crippen LogP contribution in [0.15, 0.2) is 30.3 Å². The molecule has 2 aromatic carbocycles. The van der Waals surface area contributed by atoms with E-state index >= 15 is 0 Å². The Hall–Kier alpha value is -1.94. The van der Waals surface area contributed by atoms with Gasteiger partial charge in [-0.05, 0) is 23.3 Å². The monoisotopic (exact) mass is 188 g/mol. The van der Waals surface area contributed by atoms with Crippen molar-refractivity contribution in [3.63, 3.8) is 0 Å². The second-order valence-corrected chi connectivity index (χ2v) is 3.12. The van der Waals surface area contributed by atoms with Crippen molar-refractivity contribution in [1.82, 2.24) is 6.15 Å². The molecule has 0 atom stereocenters. The van der Waals surface area contributed by atoms with Crippen molar-refractivity contribution < 1.29 is 4.92 Å². The van der Waals surface area contributed by atoms with Crippen molar-refractivity contribution in [3.05, 3.63) is 40.4 Å². The van der Waals surface area contributed by atoms with E-state index in [4.69, 9.17) is 0 Å². The average Bonchev–Trinajstić information content (AvgIpc) is 2.82. The van der Waals surface area contributed by atoms with Gasteiger partial charge in [0.15, 0.2) is 0 Å². The van der Waals surface area contributed by atoms with Gasteiger partial charge in [0.1, 0.15) is 0 Å². The first kappa shape index (κ1) is 8.65. The second kappa shape index (κ2) is 2.52. The van der Waals surface area contributed by atoms with Crippen LogP contribution >= 0.6 is 0 Å². The fourth-order valence-electron chi connectivity index (χ4n) is 1.80. The minimum absolute atomic E-state index is 0. The van der Waals surface area contributed by atoms with E-state index in [2.05, 4.69) is 0 Å². The average molecular weight is 188 g/mol. The molecule has 0 saturated heterocycles. The van der Waals surface area contributed by atoms with Crippen LogP contribution in [0.1, 0.15) is 0 Å². The van der Waals surface area contributed by atoms with Crippen LogP contribution in [-0.2, 0) is 0 Å². The molecule has 0 spiro atoms. The fraction of sp³-hybridized carbons (Fsp3) is 0. The van der Waals surface area contributed by atoms with Gasteiger partial charge in [0.2, 0.25) is 0 Å². The van der Waals surface area contributed by atoms with Crippen molar-refractivity contribution >= 4 is 16.5 Å². The van der Waals surface area contributed by atoms with Crippen LogP contribution in [-0.4, -0.2) is 4.92 Å². The summed E-state index contributed by atoms with van der Waals surface area (Å²) >= 11 is 0. The molecule has 0 unspecified atom stereocenters. The van der Waals surface area contributed by atoms with Crippen LogP contribution < -0.4 is 6.15 Å². The summed E-state index contributed by atoms with van der Waals surface area (Å²) in [6.45, 7) is 0. The van der Waals surface area contributed by atoms with Gasteiger partial charge in [0.25, 0.3) is 5.69 Å². The molecule has 0 aromatic heterocycles. The quantitative estimate of drug-likeness (QED) is 0.471. The number of non-ortho nitro benzene ring substituents is 1. The largest absolute Gasteiger partial charge is 0.344 e. The lowest BCUT2D eigenvalue weighted by molar-refractivity contribution is -0.383. The van der Waals surface area contributed by atoms with Crippen molar-refractivity contribution in [3.8, 4) is 11.1 Å². The molecule has 14 heavy (non-hydrogen) atoms. The van der Waals surface area contributed by atoms with Crippen LogP contribution in [0.2, 0.25) is 0 Å². The van der Waals surface area contributed by atoms with Gasteiger partial charge < -0.3 is 6.15 Å². The molecule has 0 saturated carbocycles. The smallest absolute Gasteiger partial charge is 0.277 e. The van der Waals surface area contributed by atoms with Crippen LogP contribution in [0.4, 0.5) is 5.69 Å². The van der Waals surface area contributed by atoms with Gasteiger partial charge in [-0.15, -0.1) is 0 Å². The number of fused-ring (bicyclic) bond motifs is 1. The molecule has 0 heterocycles. The molecular formula is C10H8N2O2. The Balaban J connectivity index is 0.000000750. The highest BCUT2D eigenvalue weighted by atomic mass is 16.6. The first-order valence-electron chi connectivity index (χ1n) is 3.99. The highest BCUT2D eigenvalue weighted by Crippen LogP contribution is 2.49. The molecule has 0 fully saturated rings. The molecule has 0 aliphatic heterocycles. The summed E-state index contributed by atoms with van der Waals surface area (Å²) in [6, 6.07) is 9.03. The summed E-state index contributed by atoms with van der Waals surface area (Å²) in [5.74, 6) is 0. The molecule has 3 N–H and O–H groups in total. The Labute approximate surface area is 79.9 Å². The lowest BCUT2D eigenvalue weighted by Crippen LogP contribution is -1.86. The number of hydrogen-bond acceptors (Lipinski definition) is 3. The Morgan fingerprint density at radius 2 is 1.79 bits per heavy atom. The Kier molecular flexibility index (Phi) is 1.56. The summed E-state index contributed by atoms with van der Waals surface area (Å²) in [6.07, 6.45) is 0. The first-order valence-corrected chi connectivity index (χ1v) is 3.99. The summed E-state index contributed by atoms with van der Waals surface area (Å²) < 4.78 is 0. The topological polar surface area (TPSA) is 78.1 Å². The van der Waals surface area contributed by atoms with Crippen LogP contribution in [0.5, 0.6) is 0 Å². The lowest BCUT2D eigenvalue weighted by Gasteiger charge is -1.90. The van der Waals surface area contributed by atoms with Gasteiger partial charge in [-0.25, -0.2) is 0 Å². The Morgan fingerprint density at radius 3 is 2.50 bits per heavy atom. The molecule has 3 rings (SSSR count). The van der Waals surface area contributed by atoms with E-state index in [1.807, 2.05) is 18.2 Å². The van der Waals surface area contributed by atoms with Crippen LogP contribution in [0.3, 0.4) is 0 Å². The number of nitrogens with zero attached hydrogens (tertiary/aromatic N) is 1. The minimum atomic E-state index is -0.332. The highest BCUT2D eigenvalue weighted by molar-refractivity contribution is 6.22. The van der Waals surface area contributed by atoms with E-state index in [0.29, 0.717) is 0 Å². The fourth-order valence-corrected chi connectivity index (χ4v) is 1.80. The Morgan fingerprint density at radius 1 is 1.07 bits per heavy atom. The van der Waals surface area contributed by atoms with Crippen molar-refractivity contribution in [2.75, 3.05) is 0 Å². The molecule has 0 amide bonds. The lowest BCUT2D eigenvalue weighted by atomic mass is 10.2. The number of benzene rings is 2. The van der Waals surface area contributed by atoms with Gasteiger partial charge in [-0.1, -0.05) is 12.1 Å². The molecule has 1 aliphatic rings. The molecule has 1 aliphatic carbocycles. The molecule has 0 radical (unpaired) electrons. The van der Waals surface area contributed by atoms with E-state index in [9.17, 15) is 10.1 Å². The van der Waals surface area contributed by atoms with Gasteiger partial charge in [-0.2, -0.15) is 0 Å². The highest BCUT2D eigenvalue weighted by Gasteiger charge is 2.25. The summed E-state index contributed by atoms with van der Waals surface area (Å²) in [5.41, 5.74) is 2.52. The van der Waals surface area contributed by atoms with Crippen LogP contribution in [0.25, 0.3) is 21.9 Å². The van der Waals surface area contributed by atoms with Crippen molar-refractivity contribution in [2.24, 2.45) is 0 Å². The zero-order valence-electron chi connectivity index (χ0n) is 7.36. The second-order valence-electron chi connectivity index (χ2n) is 3.12. The normalized spacial score (nSPS) is 10.9. The maximum atomic E-state index is 10.6. The molecule has 2 aromatic rings. The number of nitro groups is 1. The van der Waals surface area contributed by atoms with E-state index in [1.165, 1.54) is 0 Å². The van der Waals surface area contributed by atoms with Crippen LogP contribution in [0, 0.1) is 10.1 Å². The summed E-state index contributed by atoms with van der Waals surface area (Å²) in [4.78, 5) is 10.3. The minimum Gasteiger partial charge on any atom is -0.344 e. The zero-order chi connectivity index (χ0) is 9.00. The predicted molar refractivity (Wildman–Crippen MR) is 54.6 cm³/mol. The summed E-state index contributed by atoms with van der Waals surface area (Å²) in [7, 11) is 0.